The highest BCUT2D eigenvalue weighted by Gasteiger charge is 2.61. The van der Waals surface area contributed by atoms with Crippen molar-refractivity contribution in [3.63, 3.8) is 0 Å². The first-order chi connectivity index (χ1) is 8.11. The van der Waals surface area contributed by atoms with Gasteiger partial charge in [-0.3, -0.25) is 0 Å². The molecule has 0 aromatic heterocycles. The van der Waals surface area contributed by atoms with Crippen molar-refractivity contribution in [3.8, 4) is 5.75 Å². The molecule has 0 fully saturated rings. The Labute approximate surface area is 110 Å². The summed E-state index contributed by atoms with van der Waals surface area (Å²) in [6.45, 7) is 0. The van der Waals surface area contributed by atoms with Crippen molar-refractivity contribution in [2.24, 2.45) is 5.73 Å². The van der Waals surface area contributed by atoms with Gasteiger partial charge >= 0.3 is 12.1 Å². The second kappa shape index (κ2) is 5.87. The van der Waals surface area contributed by atoms with Gasteiger partial charge in [0, 0.05) is 0 Å². The molecule has 0 saturated carbocycles. The highest BCUT2D eigenvalue weighted by atomic mass is 35.5. The Hall–Kier alpha value is -1.15. The van der Waals surface area contributed by atoms with E-state index in [0.717, 1.165) is 19.2 Å². The van der Waals surface area contributed by atoms with Gasteiger partial charge in [0.1, 0.15) is 6.04 Å². The predicted molar refractivity (Wildman–Crippen MR) is 58.1 cm³/mol. The SMILES string of the molecule is COc1ccc([C@H](N)C(F)(F)C(F)(F)F)cc1F.Cl. The first-order valence-corrected chi connectivity index (χ1v) is 4.64. The number of rotatable bonds is 3. The minimum absolute atomic E-state index is 0. The van der Waals surface area contributed by atoms with Crippen LogP contribution in [0.1, 0.15) is 11.6 Å². The molecule has 0 saturated heterocycles. The fraction of sp³-hybridized carbons (Fsp3) is 0.400. The molecule has 1 aromatic carbocycles. The van der Waals surface area contributed by atoms with Crippen LogP contribution in [0.5, 0.6) is 5.75 Å². The van der Waals surface area contributed by atoms with Crippen molar-refractivity contribution >= 4 is 12.4 Å². The van der Waals surface area contributed by atoms with Crippen molar-refractivity contribution < 1.29 is 31.1 Å². The molecule has 1 aromatic rings. The van der Waals surface area contributed by atoms with Gasteiger partial charge in [-0.1, -0.05) is 6.07 Å². The van der Waals surface area contributed by atoms with Crippen molar-refractivity contribution in [3.05, 3.63) is 29.6 Å². The monoisotopic (exact) mass is 309 g/mol. The summed E-state index contributed by atoms with van der Waals surface area (Å²) in [6, 6.07) is -0.412. The van der Waals surface area contributed by atoms with Gasteiger partial charge in [0.15, 0.2) is 11.6 Å². The summed E-state index contributed by atoms with van der Waals surface area (Å²) >= 11 is 0. The molecule has 0 bridgehead atoms. The number of hydrogen-bond acceptors (Lipinski definition) is 2. The molecule has 9 heteroatoms. The Morgan fingerprint density at radius 2 is 1.68 bits per heavy atom. The average molecular weight is 310 g/mol. The smallest absolute Gasteiger partial charge is 0.455 e. The largest absolute Gasteiger partial charge is 0.494 e. The normalized spacial score (nSPS) is 13.7. The highest BCUT2D eigenvalue weighted by molar-refractivity contribution is 5.85. The topological polar surface area (TPSA) is 35.2 Å². The fourth-order valence-electron chi connectivity index (χ4n) is 1.26. The number of ether oxygens (including phenoxy) is 1. The van der Waals surface area contributed by atoms with Gasteiger partial charge in [-0.2, -0.15) is 22.0 Å². The minimum atomic E-state index is -5.80. The molecule has 0 aliphatic heterocycles. The van der Waals surface area contributed by atoms with E-state index >= 15 is 0 Å². The lowest BCUT2D eigenvalue weighted by Crippen LogP contribution is -2.45. The number of halogens is 7. The third-order valence-corrected chi connectivity index (χ3v) is 2.30. The lowest BCUT2D eigenvalue weighted by Gasteiger charge is -2.26. The van der Waals surface area contributed by atoms with Crippen molar-refractivity contribution in [2.75, 3.05) is 7.11 Å². The van der Waals surface area contributed by atoms with Gasteiger partial charge in [-0.05, 0) is 17.7 Å². The van der Waals surface area contributed by atoms with Crippen LogP contribution in [0.2, 0.25) is 0 Å². The van der Waals surface area contributed by atoms with Gasteiger partial charge in [-0.25, -0.2) is 4.39 Å². The Morgan fingerprint density at radius 3 is 2.05 bits per heavy atom. The van der Waals surface area contributed by atoms with Crippen LogP contribution in [0, 0.1) is 5.82 Å². The predicted octanol–water partition coefficient (Wildman–Crippen LogP) is 3.45. The van der Waals surface area contributed by atoms with Crippen LogP contribution < -0.4 is 10.5 Å². The molecular weight excluding hydrogens is 300 g/mol. The Balaban J connectivity index is 0.00000324. The van der Waals surface area contributed by atoms with E-state index in [1.165, 1.54) is 0 Å². The average Bonchev–Trinajstić information content (AvgIpc) is 2.26. The van der Waals surface area contributed by atoms with Crippen LogP contribution >= 0.6 is 12.4 Å². The third kappa shape index (κ3) is 3.44. The number of alkyl halides is 5. The quantitative estimate of drug-likeness (QED) is 0.868. The number of benzene rings is 1. The zero-order chi connectivity index (χ0) is 14.1. The van der Waals surface area contributed by atoms with Crippen molar-refractivity contribution in [1.82, 2.24) is 0 Å². The molecule has 0 heterocycles. The van der Waals surface area contributed by atoms with Crippen LogP contribution in [0.3, 0.4) is 0 Å². The van der Waals surface area contributed by atoms with Crippen molar-refractivity contribution in [2.45, 2.75) is 18.1 Å². The second-order valence-corrected chi connectivity index (χ2v) is 3.49. The summed E-state index contributed by atoms with van der Waals surface area (Å²) in [6.07, 6.45) is -5.80. The molecule has 2 nitrogen and oxygen atoms in total. The summed E-state index contributed by atoms with van der Waals surface area (Å²) < 4.78 is 79.7. The first kappa shape index (κ1) is 17.8. The van der Waals surface area contributed by atoms with E-state index in [4.69, 9.17) is 5.73 Å². The maximum Gasteiger partial charge on any atom is 0.455 e. The van der Waals surface area contributed by atoms with E-state index in [1.807, 2.05) is 0 Å². The molecule has 1 rings (SSSR count). The van der Waals surface area contributed by atoms with Crippen molar-refractivity contribution in [1.29, 1.82) is 0 Å². The van der Waals surface area contributed by atoms with E-state index in [1.54, 1.807) is 0 Å². The van der Waals surface area contributed by atoms with Gasteiger partial charge in [0.2, 0.25) is 0 Å². The van der Waals surface area contributed by atoms with E-state index in [0.29, 0.717) is 6.07 Å². The molecular formula is C10H10ClF6NO. The molecule has 0 unspecified atom stereocenters. The fourth-order valence-corrected chi connectivity index (χ4v) is 1.26. The zero-order valence-corrected chi connectivity index (χ0v) is 10.3. The molecule has 0 radical (unpaired) electrons. The van der Waals surface area contributed by atoms with Crippen LogP contribution in [-0.4, -0.2) is 19.2 Å². The van der Waals surface area contributed by atoms with E-state index in [-0.39, 0.29) is 18.2 Å². The van der Waals surface area contributed by atoms with Crippen LogP contribution in [0.15, 0.2) is 18.2 Å². The van der Waals surface area contributed by atoms with Gasteiger partial charge in [0.05, 0.1) is 7.11 Å². The summed E-state index contributed by atoms with van der Waals surface area (Å²) in [7, 11) is 1.13. The molecule has 0 amide bonds. The van der Waals surface area contributed by atoms with Crippen LogP contribution in [0.4, 0.5) is 26.3 Å². The minimum Gasteiger partial charge on any atom is -0.494 e. The van der Waals surface area contributed by atoms with Crippen LogP contribution in [0.25, 0.3) is 0 Å². The summed E-state index contributed by atoms with van der Waals surface area (Å²) in [5.74, 6) is -6.49. The molecule has 110 valence electrons. The third-order valence-electron chi connectivity index (χ3n) is 2.30. The Kier molecular flexibility index (Phi) is 5.52. The molecule has 19 heavy (non-hydrogen) atoms. The first-order valence-electron chi connectivity index (χ1n) is 4.64. The standard InChI is InChI=1S/C10H9F6NO.ClH/c1-18-7-3-2-5(4-6(7)11)8(17)9(12,13)10(14,15)16;/h2-4,8H,17H2,1H3;1H/t8-;/m0./s1. The van der Waals surface area contributed by atoms with Crippen LogP contribution in [-0.2, 0) is 0 Å². The molecule has 0 spiro atoms. The zero-order valence-electron chi connectivity index (χ0n) is 9.47. The molecule has 0 aliphatic carbocycles. The molecule has 0 aliphatic rings. The maximum atomic E-state index is 13.2. The van der Waals surface area contributed by atoms with Gasteiger partial charge in [0.25, 0.3) is 0 Å². The van der Waals surface area contributed by atoms with Gasteiger partial charge in [-0.15, -0.1) is 12.4 Å². The van der Waals surface area contributed by atoms with E-state index < -0.39 is 29.5 Å². The lowest BCUT2D eigenvalue weighted by molar-refractivity contribution is -0.291. The molecule has 1 atom stereocenters. The van der Waals surface area contributed by atoms with E-state index in [2.05, 4.69) is 4.74 Å². The lowest BCUT2D eigenvalue weighted by atomic mass is 10.0. The van der Waals surface area contributed by atoms with E-state index in [9.17, 15) is 26.3 Å². The highest BCUT2D eigenvalue weighted by Crippen LogP contribution is 2.43. The number of hydrogen-bond donors (Lipinski definition) is 1. The summed E-state index contributed by atoms with van der Waals surface area (Å²) in [5.41, 5.74) is 4.17. The summed E-state index contributed by atoms with van der Waals surface area (Å²) in [4.78, 5) is 0. The molecule has 2 N–H and O–H groups in total. The number of nitrogens with two attached hydrogens (primary N) is 1. The number of methoxy groups -OCH3 is 1. The maximum absolute atomic E-state index is 13.2. The second-order valence-electron chi connectivity index (χ2n) is 3.49. The Bertz CT molecular complexity index is 437. The summed E-state index contributed by atoms with van der Waals surface area (Å²) in [5, 5.41) is 0. The Morgan fingerprint density at radius 1 is 1.16 bits per heavy atom. The van der Waals surface area contributed by atoms with Gasteiger partial charge < -0.3 is 10.5 Å².